The van der Waals surface area contributed by atoms with Crippen molar-refractivity contribution in [2.45, 2.75) is 53.4 Å². The largest absolute Gasteiger partial charge is 0.463 e. The molecule has 0 saturated heterocycles. The summed E-state index contributed by atoms with van der Waals surface area (Å²) in [5.41, 5.74) is -0.416. The van der Waals surface area contributed by atoms with Crippen LogP contribution >= 0.6 is 0 Å². The number of hydrogen-bond acceptors (Lipinski definition) is 3. The zero-order valence-electron chi connectivity index (χ0n) is 11.2. The SMILES string of the molecule is CCCCCCOCCOC(=O)C(C)(C)C. The van der Waals surface area contributed by atoms with Crippen LogP contribution in [0.1, 0.15) is 53.4 Å². The van der Waals surface area contributed by atoms with Crippen LogP contribution in [0.3, 0.4) is 0 Å². The molecule has 0 aromatic heterocycles. The molecular weight excluding hydrogens is 204 g/mol. The predicted octanol–water partition coefficient (Wildman–Crippen LogP) is 3.17. The Balaban J connectivity index is 3.25. The quantitative estimate of drug-likeness (QED) is 0.474. The van der Waals surface area contributed by atoms with Gasteiger partial charge in [0.1, 0.15) is 6.61 Å². The number of ether oxygens (including phenoxy) is 2. The fourth-order valence-corrected chi connectivity index (χ4v) is 1.14. The van der Waals surface area contributed by atoms with Crippen molar-refractivity contribution < 1.29 is 14.3 Å². The van der Waals surface area contributed by atoms with Crippen LogP contribution in [-0.4, -0.2) is 25.8 Å². The summed E-state index contributed by atoms with van der Waals surface area (Å²) in [6, 6.07) is 0. The van der Waals surface area contributed by atoms with Crippen molar-refractivity contribution in [1.82, 2.24) is 0 Å². The van der Waals surface area contributed by atoms with Crippen molar-refractivity contribution in [3.8, 4) is 0 Å². The van der Waals surface area contributed by atoms with Crippen LogP contribution in [0.25, 0.3) is 0 Å². The zero-order valence-corrected chi connectivity index (χ0v) is 11.2. The van der Waals surface area contributed by atoms with E-state index in [1.54, 1.807) is 0 Å². The Morgan fingerprint density at radius 1 is 1.00 bits per heavy atom. The van der Waals surface area contributed by atoms with Gasteiger partial charge in [-0.1, -0.05) is 26.2 Å². The molecule has 0 spiro atoms. The van der Waals surface area contributed by atoms with Crippen LogP contribution in [0.5, 0.6) is 0 Å². The summed E-state index contributed by atoms with van der Waals surface area (Å²) in [5, 5.41) is 0. The van der Waals surface area contributed by atoms with Crippen molar-refractivity contribution in [1.29, 1.82) is 0 Å². The molecular formula is C13H26O3. The maximum Gasteiger partial charge on any atom is 0.311 e. The highest BCUT2D eigenvalue weighted by molar-refractivity contribution is 5.75. The molecule has 0 radical (unpaired) electrons. The normalized spacial score (nSPS) is 11.5. The van der Waals surface area contributed by atoms with Gasteiger partial charge in [-0.2, -0.15) is 0 Å². The Labute approximate surface area is 99.5 Å². The number of carbonyl (C=O) groups is 1. The third kappa shape index (κ3) is 8.72. The van der Waals surface area contributed by atoms with Crippen molar-refractivity contribution in [2.75, 3.05) is 19.8 Å². The Morgan fingerprint density at radius 2 is 1.69 bits per heavy atom. The van der Waals surface area contributed by atoms with Gasteiger partial charge in [-0.3, -0.25) is 4.79 Å². The summed E-state index contributed by atoms with van der Waals surface area (Å²) in [5.74, 6) is -0.165. The average Bonchev–Trinajstić information content (AvgIpc) is 2.20. The van der Waals surface area contributed by atoms with Gasteiger partial charge in [0.2, 0.25) is 0 Å². The van der Waals surface area contributed by atoms with Gasteiger partial charge < -0.3 is 9.47 Å². The van der Waals surface area contributed by atoms with E-state index in [2.05, 4.69) is 6.92 Å². The summed E-state index contributed by atoms with van der Waals surface area (Å²) in [6.45, 7) is 9.38. The first-order valence-electron chi connectivity index (χ1n) is 6.23. The van der Waals surface area contributed by atoms with E-state index in [-0.39, 0.29) is 5.97 Å². The molecule has 0 aromatic carbocycles. The molecule has 0 amide bonds. The van der Waals surface area contributed by atoms with Gasteiger partial charge in [0, 0.05) is 6.61 Å². The van der Waals surface area contributed by atoms with Gasteiger partial charge >= 0.3 is 5.97 Å². The van der Waals surface area contributed by atoms with Crippen molar-refractivity contribution in [2.24, 2.45) is 5.41 Å². The molecule has 0 N–H and O–H groups in total. The van der Waals surface area contributed by atoms with E-state index >= 15 is 0 Å². The monoisotopic (exact) mass is 230 g/mol. The Morgan fingerprint density at radius 3 is 2.25 bits per heavy atom. The van der Waals surface area contributed by atoms with Gasteiger partial charge in [0.15, 0.2) is 0 Å². The van der Waals surface area contributed by atoms with Crippen LogP contribution in [0.2, 0.25) is 0 Å². The lowest BCUT2D eigenvalue weighted by Crippen LogP contribution is -2.24. The minimum atomic E-state index is -0.416. The second-order valence-electron chi connectivity index (χ2n) is 5.06. The van der Waals surface area contributed by atoms with Crippen LogP contribution in [-0.2, 0) is 14.3 Å². The van der Waals surface area contributed by atoms with Crippen molar-refractivity contribution in [3.63, 3.8) is 0 Å². The van der Waals surface area contributed by atoms with Crippen LogP contribution in [0, 0.1) is 5.41 Å². The number of carbonyl (C=O) groups excluding carboxylic acids is 1. The molecule has 0 rings (SSSR count). The second kappa shape index (κ2) is 8.57. The minimum absolute atomic E-state index is 0.165. The molecule has 16 heavy (non-hydrogen) atoms. The lowest BCUT2D eigenvalue weighted by Gasteiger charge is -2.16. The molecule has 0 saturated carbocycles. The Bertz CT molecular complexity index is 182. The molecule has 96 valence electrons. The maximum atomic E-state index is 11.4. The molecule has 3 heteroatoms. The van der Waals surface area contributed by atoms with E-state index in [4.69, 9.17) is 9.47 Å². The molecule has 0 atom stereocenters. The van der Waals surface area contributed by atoms with E-state index in [1.807, 2.05) is 20.8 Å². The van der Waals surface area contributed by atoms with Crippen molar-refractivity contribution in [3.05, 3.63) is 0 Å². The molecule has 0 unspecified atom stereocenters. The smallest absolute Gasteiger partial charge is 0.311 e. The zero-order chi connectivity index (χ0) is 12.4. The Hall–Kier alpha value is -0.570. The van der Waals surface area contributed by atoms with Gasteiger partial charge in [-0.15, -0.1) is 0 Å². The van der Waals surface area contributed by atoms with Crippen LogP contribution in [0.15, 0.2) is 0 Å². The van der Waals surface area contributed by atoms with E-state index in [9.17, 15) is 4.79 Å². The molecule has 0 aliphatic carbocycles. The molecule has 3 nitrogen and oxygen atoms in total. The van der Waals surface area contributed by atoms with Gasteiger partial charge in [0.05, 0.1) is 12.0 Å². The summed E-state index contributed by atoms with van der Waals surface area (Å²) in [6.07, 6.45) is 4.82. The summed E-state index contributed by atoms with van der Waals surface area (Å²) >= 11 is 0. The fraction of sp³-hybridized carbons (Fsp3) is 0.923. The van der Waals surface area contributed by atoms with Crippen LogP contribution in [0.4, 0.5) is 0 Å². The van der Waals surface area contributed by atoms with Gasteiger partial charge in [-0.25, -0.2) is 0 Å². The first-order chi connectivity index (χ1) is 7.48. The molecule has 0 aliphatic rings. The molecule has 0 fully saturated rings. The van der Waals surface area contributed by atoms with E-state index in [0.29, 0.717) is 13.2 Å². The highest BCUT2D eigenvalue weighted by Gasteiger charge is 2.22. The second-order valence-corrected chi connectivity index (χ2v) is 5.06. The first kappa shape index (κ1) is 15.4. The minimum Gasteiger partial charge on any atom is -0.463 e. The lowest BCUT2D eigenvalue weighted by atomic mass is 9.97. The third-order valence-corrected chi connectivity index (χ3v) is 2.22. The molecule has 0 heterocycles. The fourth-order valence-electron chi connectivity index (χ4n) is 1.14. The average molecular weight is 230 g/mol. The maximum absolute atomic E-state index is 11.4. The molecule has 0 bridgehead atoms. The predicted molar refractivity (Wildman–Crippen MR) is 65.4 cm³/mol. The van der Waals surface area contributed by atoms with E-state index in [1.165, 1.54) is 19.3 Å². The topological polar surface area (TPSA) is 35.5 Å². The van der Waals surface area contributed by atoms with Crippen LogP contribution < -0.4 is 0 Å². The standard InChI is InChI=1S/C13H26O3/c1-5-6-7-8-9-15-10-11-16-12(14)13(2,3)4/h5-11H2,1-4H3. The molecule has 0 aromatic rings. The van der Waals surface area contributed by atoms with Gasteiger partial charge in [-0.05, 0) is 27.2 Å². The summed E-state index contributed by atoms with van der Waals surface area (Å²) in [4.78, 5) is 11.4. The number of rotatable bonds is 8. The summed E-state index contributed by atoms with van der Waals surface area (Å²) < 4.78 is 10.4. The Kier molecular flexibility index (Phi) is 8.26. The lowest BCUT2D eigenvalue weighted by molar-refractivity contribution is -0.154. The summed E-state index contributed by atoms with van der Waals surface area (Å²) in [7, 11) is 0. The highest BCUT2D eigenvalue weighted by atomic mass is 16.6. The van der Waals surface area contributed by atoms with E-state index < -0.39 is 5.41 Å². The molecule has 0 aliphatic heterocycles. The number of unbranched alkanes of at least 4 members (excludes halogenated alkanes) is 3. The van der Waals surface area contributed by atoms with Crippen molar-refractivity contribution >= 4 is 5.97 Å². The first-order valence-corrected chi connectivity index (χ1v) is 6.23. The van der Waals surface area contributed by atoms with E-state index in [0.717, 1.165) is 13.0 Å². The van der Waals surface area contributed by atoms with Gasteiger partial charge in [0.25, 0.3) is 0 Å². The number of hydrogen-bond donors (Lipinski definition) is 0. The third-order valence-electron chi connectivity index (χ3n) is 2.22. The highest BCUT2D eigenvalue weighted by Crippen LogP contribution is 2.14. The number of esters is 1.